The Kier molecular flexibility index (Phi) is 8.40. The first-order valence-electron chi connectivity index (χ1n) is 11.9. The van der Waals surface area contributed by atoms with Crippen molar-refractivity contribution in [3.05, 3.63) is 84.4 Å². The van der Waals surface area contributed by atoms with Crippen LogP contribution < -0.4 is 5.32 Å². The number of hydrogen-bond acceptors (Lipinski definition) is 12. The van der Waals surface area contributed by atoms with Gasteiger partial charge in [-0.25, -0.2) is 0 Å². The summed E-state index contributed by atoms with van der Waals surface area (Å²) in [6, 6.07) is 17.4. The number of amides is 1. The Morgan fingerprint density at radius 1 is 0.727 bits per heavy atom. The van der Waals surface area contributed by atoms with Gasteiger partial charge in [0.25, 0.3) is 26.0 Å². The highest BCUT2D eigenvalue weighted by atomic mass is 32.2. The first-order valence-corrected chi connectivity index (χ1v) is 14.7. The normalized spacial score (nSPS) is 11.1. The topological polar surface area (TPSA) is 244 Å². The molecular formula is C27H15N9O6S2. The first-order chi connectivity index (χ1) is 21.0. The lowest BCUT2D eigenvalue weighted by atomic mass is 10.0. The van der Waals surface area contributed by atoms with Crippen molar-refractivity contribution in [2.45, 2.75) is 9.79 Å². The molecule has 0 radical (unpaired) electrons. The standard InChI is InChI=1S/C27H15N9O6S2/c28-14-35(15-29)43(39,40)21-9-5-19(6-10-21)32-27(38)24-13-18-3-1-2-4-23(18)25(26(24)37)34-33-20-7-11-22(12-8-20)44(41,42)36(16-30)17-31/h1-13,37H,(H,32,38). The summed E-state index contributed by atoms with van der Waals surface area (Å²) in [5.41, 5.74) is -0.0145. The van der Waals surface area contributed by atoms with E-state index in [1.54, 1.807) is 24.3 Å². The number of phenols is 1. The molecule has 2 N–H and O–H groups in total. The highest BCUT2D eigenvalue weighted by molar-refractivity contribution is 7.89. The van der Waals surface area contributed by atoms with Gasteiger partial charge in [-0.15, -0.1) is 5.11 Å². The fourth-order valence-electron chi connectivity index (χ4n) is 3.76. The molecule has 15 nitrogen and oxygen atoms in total. The molecule has 0 saturated heterocycles. The molecule has 44 heavy (non-hydrogen) atoms. The van der Waals surface area contributed by atoms with E-state index in [1.165, 1.54) is 55.1 Å². The lowest BCUT2D eigenvalue weighted by molar-refractivity contribution is 0.102. The molecule has 0 spiro atoms. The van der Waals surface area contributed by atoms with Gasteiger partial charge in [0.2, 0.25) is 24.8 Å². The van der Waals surface area contributed by atoms with Crippen molar-refractivity contribution >= 4 is 53.8 Å². The number of sulfonamides is 2. The summed E-state index contributed by atoms with van der Waals surface area (Å²) in [6.07, 6.45) is 5.00. The smallest absolute Gasteiger partial charge is 0.285 e. The van der Waals surface area contributed by atoms with E-state index in [9.17, 15) is 26.7 Å². The maximum atomic E-state index is 13.2. The molecule has 0 aliphatic carbocycles. The fourth-order valence-corrected chi connectivity index (χ4v) is 5.58. The molecule has 0 bridgehead atoms. The first kappa shape index (κ1) is 30.4. The molecule has 4 rings (SSSR count). The van der Waals surface area contributed by atoms with Gasteiger partial charge in [0.05, 0.1) is 21.0 Å². The van der Waals surface area contributed by atoms with Crippen molar-refractivity contribution in [2.24, 2.45) is 10.2 Å². The van der Waals surface area contributed by atoms with Gasteiger partial charge in [0, 0.05) is 11.1 Å². The van der Waals surface area contributed by atoms with Crippen molar-refractivity contribution in [2.75, 3.05) is 5.32 Å². The molecule has 0 unspecified atom stereocenters. The average Bonchev–Trinajstić information content (AvgIpc) is 3.01. The molecule has 4 aromatic rings. The third kappa shape index (κ3) is 5.77. The molecule has 4 aromatic carbocycles. The maximum Gasteiger partial charge on any atom is 0.285 e. The van der Waals surface area contributed by atoms with Crippen LogP contribution in [-0.4, -0.2) is 36.5 Å². The Balaban J connectivity index is 1.65. The third-order valence-electron chi connectivity index (χ3n) is 5.89. The number of fused-ring (bicyclic) bond motifs is 1. The van der Waals surface area contributed by atoms with Crippen molar-refractivity contribution in [3.63, 3.8) is 0 Å². The second-order valence-electron chi connectivity index (χ2n) is 8.45. The number of aromatic hydroxyl groups is 1. The Bertz CT molecular complexity index is 2180. The molecule has 0 saturated carbocycles. The van der Waals surface area contributed by atoms with E-state index >= 15 is 0 Å². The number of carbonyl (C=O) groups is 1. The number of nitrogens with one attached hydrogen (secondary N) is 1. The van der Waals surface area contributed by atoms with E-state index in [4.69, 9.17) is 21.0 Å². The highest BCUT2D eigenvalue weighted by Crippen LogP contribution is 2.39. The molecular weight excluding hydrogens is 610 g/mol. The minimum absolute atomic E-state index is 0.0580. The van der Waals surface area contributed by atoms with Gasteiger partial charge in [-0.1, -0.05) is 32.9 Å². The van der Waals surface area contributed by atoms with Crippen molar-refractivity contribution < 1.29 is 26.7 Å². The monoisotopic (exact) mass is 625 g/mol. The number of anilines is 1. The molecule has 0 aromatic heterocycles. The van der Waals surface area contributed by atoms with Gasteiger partial charge in [-0.2, -0.15) is 43.0 Å². The predicted molar refractivity (Wildman–Crippen MR) is 151 cm³/mol. The highest BCUT2D eigenvalue weighted by Gasteiger charge is 2.25. The van der Waals surface area contributed by atoms with Crippen molar-refractivity contribution in [1.29, 1.82) is 21.0 Å². The number of azo groups is 1. The molecule has 0 fully saturated rings. The molecule has 0 aliphatic rings. The molecule has 0 aliphatic heterocycles. The maximum absolute atomic E-state index is 13.2. The third-order valence-corrected chi connectivity index (χ3v) is 8.92. The van der Waals surface area contributed by atoms with Crippen LogP contribution in [0, 0.1) is 45.8 Å². The van der Waals surface area contributed by atoms with E-state index in [0.29, 0.717) is 10.8 Å². The summed E-state index contributed by atoms with van der Waals surface area (Å²) in [5.74, 6) is -1.33. The van der Waals surface area contributed by atoms with E-state index in [-0.39, 0.29) is 41.0 Å². The van der Waals surface area contributed by atoms with Crippen molar-refractivity contribution in [3.8, 4) is 30.5 Å². The van der Waals surface area contributed by atoms with Gasteiger partial charge in [-0.05, 0) is 60.0 Å². The number of hydrogen-bond donors (Lipinski definition) is 2. The Morgan fingerprint density at radius 2 is 1.23 bits per heavy atom. The largest absolute Gasteiger partial charge is 0.505 e. The van der Waals surface area contributed by atoms with Crippen LogP contribution in [0.1, 0.15) is 10.4 Å². The van der Waals surface area contributed by atoms with E-state index in [1.807, 2.05) is 0 Å². The van der Waals surface area contributed by atoms with Crippen LogP contribution in [0.4, 0.5) is 17.1 Å². The zero-order valence-corrected chi connectivity index (χ0v) is 23.5. The molecule has 1 amide bonds. The molecule has 0 atom stereocenters. The van der Waals surface area contributed by atoms with Crippen LogP contribution >= 0.6 is 0 Å². The quantitative estimate of drug-likeness (QED) is 0.161. The minimum atomic E-state index is -4.40. The average molecular weight is 626 g/mol. The van der Waals surface area contributed by atoms with Gasteiger partial charge in [0.1, 0.15) is 5.69 Å². The Morgan fingerprint density at radius 3 is 1.75 bits per heavy atom. The minimum Gasteiger partial charge on any atom is -0.505 e. The zero-order chi connectivity index (χ0) is 32.1. The lowest BCUT2D eigenvalue weighted by Crippen LogP contribution is -2.21. The van der Waals surface area contributed by atoms with Crippen LogP contribution in [0.3, 0.4) is 0 Å². The van der Waals surface area contributed by atoms with Gasteiger partial charge in [-0.3, -0.25) is 4.79 Å². The number of benzene rings is 4. The predicted octanol–water partition coefficient (Wildman–Crippen LogP) is 4.12. The van der Waals surface area contributed by atoms with E-state index in [0.717, 1.165) is 24.3 Å². The number of phenolic OH excluding ortho intramolecular Hbond substituents is 1. The lowest BCUT2D eigenvalue weighted by Gasteiger charge is -2.12. The summed E-state index contributed by atoms with van der Waals surface area (Å²) >= 11 is 0. The second kappa shape index (κ2) is 12.1. The Labute approximate surface area is 250 Å². The molecule has 17 heteroatoms. The zero-order valence-electron chi connectivity index (χ0n) is 21.9. The van der Waals surface area contributed by atoms with Crippen LogP contribution in [0.2, 0.25) is 0 Å². The number of carbonyl (C=O) groups excluding carboxylic acids is 1. The van der Waals surface area contributed by atoms with E-state index in [2.05, 4.69) is 15.5 Å². The van der Waals surface area contributed by atoms with Gasteiger partial charge >= 0.3 is 0 Å². The summed E-state index contributed by atoms with van der Waals surface area (Å²) in [4.78, 5) is 12.5. The number of nitrogens with zero attached hydrogens (tertiary/aromatic N) is 8. The second-order valence-corrected chi connectivity index (χ2v) is 12.0. The summed E-state index contributed by atoms with van der Waals surface area (Å²) in [5, 5.41) is 58.1. The van der Waals surface area contributed by atoms with Crippen LogP contribution in [0.15, 0.2) is 98.9 Å². The van der Waals surface area contributed by atoms with E-state index < -0.39 is 31.7 Å². The summed E-state index contributed by atoms with van der Waals surface area (Å²) in [7, 11) is -8.78. The SMILES string of the molecule is N#CN(C#N)S(=O)(=O)c1ccc(N=Nc2c(O)c(C(=O)Nc3ccc(S(=O)(=O)N(C#N)C#N)cc3)cc3ccccc23)cc1. The van der Waals surface area contributed by atoms with Gasteiger partial charge < -0.3 is 10.4 Å². The van der Waals surface area contributed by atoms with Crippen LogP contribution in [0.25, 0.3) is 10.8 Å². The number of rotatable bonds is 8. The van der Waals surface area contributed by atoms with Crippen LogP contribution in [-0.2, 0) is 20.0 Å². The number of nitriles is 4. The molecule has 216 valence electrons. The van der Waals surface area contributed by atoms with Crippen LogP contribution in [0.5, 0.6) is 5.75 Å². The van der Waals surface area contributed by atoms with Gasteiger partial charge in [0.15, 0.2) is 5.75 Å². The molecule has 0 heterocycles. The Hall–Kier alpha value is -6.53. The fraction of sp³-hybridized carbons (Fsp3) is 0. The summed E-state index contributed by atoms with van der Waals surface area (Å²) < 4.78 is 49.2. The summed E-state index contributed by atoms with van der Waals surface area (Å²) in [6.45, 7) is 0. The van der Waals surface area contributed by atoms with Crippen molar-refractivity contribution in [1.82, 2.24) is 8.61 Å².